The van der Waals surface area contributed by atoms with Gasteiger partial charge in [0, 0.05) is 60.8 Å². The highest BCUT2D eigenvalue weighted by Gasteiger charge is 2.24. The summed E-state index contributed by atoms with van der Waals surface area (Å²) in [7, 11) is 0. The predicted molar refractivity (Wildman–Crippen MR) is 109 cm³/mol. The molecular weight excluding hydrogens is 414 g/mol. The Bertz CT molecular complexity index is 821. The van der Waals surface area contributed by atoms with E-state index in [-0.39, 0.29) is 12.4 Å². The van der Waals surface area contributed by atoms with Gasteiger partial charge in [-0.15, -0.1) is 12.4 Å². The summed E-state index contributed by atoms with van der Waals surface area (Å²) in [6.45, 7) is 3.87. The second-order valence-electron chi connectivity index (χ2n) is 6.25. The topological polar surface area (TPSA) is 46.0 Å². The lowest BCUT2D eigenvalue weighted by Crippen LogP contribution is -2.45. The Hall–Kier alpha value is -1.73. The molecule has 5 nitrogen and oxygen atoms in total. The molecule has 0 aliphatic carbocycles. The number of nitrogens with one attached hydrogen (secondary N) is 1. The molecule has 3 heterocycles. The van der Waals surface area contributed by atoms with Crippen molar-refractivity contribution in [3.05, 3.63) is 76.8 Å². The van der Waals surface area contributed by atoms with E-state index in [1.54, 1.807) is 0 Å². The molecule has 1 fully saturated rings. The molecule has 0 amide bonds. The molecule has 1 atom stereocenters. The Kier molecular flexibility index (Phi) is 6.43. The van der Waals surface area contributed by atoms with Gasteiger partial charge in [0.05, 0.1) is 11.9 Å². The fourth-order valence-electron chi connectivity index (χ4n) is 3.25. The van der Waals surface area contributed by atoms with E-state index in [4.69, 9.17) is 0 Å². The fraction of sp³-hybridized carbons (Fsp3) is 0.263. The zero-order chi connectivity index (χ0) is 17.1. The highest BCUT2D eigenvalue weighted by molar-refractivity contribution is 9.10. The van der Waals surface area contributed by atoms with Gasteiger partial charge in [-0.3, -0.25) is 9.88 Å². The molecule has 136 valence electrons. The lowest BCUT2D eigenvalue weighted by Gasteiger charge is -2.36. The minimum Gasteiger partial charge on any atom is -0.314 e. The Balaban J connectivity index is 0.00000196. The van der Waals surface area contributed by atoms with Crippen LogP contribution in [0.3, 0.4) is 0 Å². The summed E-state index contributed by atoms with van der Waals surface area (Å²) in [5.41, 5.74) is 3.55. The Labute approximate surface area is 168 Å². The van der Waals surface area contributed by atoms with Gasteiger partial charge in [0.1, 0.15) is 0 Å². The van der Waals surface area contributed by atoms with E-state index in [2.05, 4.69) is 60.6 Å². The highest BCUT2D eigenvalue weighted by Crippen LogP contribution is 2.23. The maximum absolute atomic E-state index is 4.53. The molecule has 0 bridgehead atoms. The van der Waals surface area contributed by atoms with Gasteiger partial charge in [-0.25, -0.2) is 4.68 Å². The van der Waals surface area contributed by atoms with Crippen LogP contribution in [-0.4, -0.2) is 39.3 Å². The van der Waals surface area contributed by atoms with E-state index in [9.17, 15) is 0 Å². The normalized spacial score (nSPS) is 17.7. The number of piperazine rings is 1. The smallest absolute Gasteiger partial charge is 0.0646 e. The van der Waals surface area contributed by atoms with Crippen molar-refractivity contribution in [3.8, 4) is 5.69 Å². The van der Waals surface area contributed by atoms with E-state index in [1.165, 1.54) is 11.1 Å². The number of benzene rings is 1. The van der Waals surface area contributed by atoms with Crippen LogP contribution in [0.25, 0.3) is 5.69 Å². The van der Waals surface area contributed by atoms with Crippen LogP contribution in [0.1, 0.15) is 17.2 Å². The van der Waals surface area contributed by atoms with Crippen LogP contribution in [0.5, 0.6) is 0 Å². The lowest BCUT2D eigenvalue weighted by molar-refractivity contribution is 0.153. The molecule has 4 rings (SSSR count). The number of hydrogen-bond acceptors (Lipinski definition) is 4. The molecular formula is C19H21BrClN5. The molecule has 1 aromatic carbocycles. The molecule has 1 unspecified atom stereocenters. The molecule has 1 N–H and O–H groups in total. The average Bonchev–Trinajstić information content (AvgIpc) is 3.12. The van der Waals surface area contributed by atoms with Crippen LogP contribution in [-0.2, 0) is 6.54 Å². The van der Waals surface area contributed by atoms with E-state index in [0.717, 1.165) is 36.3 Å². The quantitative estimate of drug-likeness (QED) is 0.681. The first-order chi connectivity index (χ1) is 12.3. The standard InChI is InChI=1S/C19H20BrN5.ClH/c20-17-3-5-18(6-4-17)25-14-15(10-23-25)13-24-9-8-22-12-19(24)16-2-1-7-21-11-16;/h1-7,10-11,14,19,22H,8-9,12-13H2;1H. The molecule has 0 spiro atoms. The number of pyridine rings is 1. The highest BCUT2D eigenvalue weighted by atomic mass is 79.9. The summed E-state index contributed by atoms with van der Waals surface area (Å²) >= 11 is 3.47. The van der Waals surface area contributed by atoms with Gasteiger partial charge in [0.2, 0.25) is 0 Å². The third-order valence-corrected chi connectivity index (χ3v) is 5.07. The average molecular weight is 435 g/mol. The van der Waals surface area contributed by atoms with E-state index in [0.29, 0.717) is 6.04 Å². The van der Waals surface area contributed by atoms with Crippen LogP contribution in [0.2, 0.25) is 0 Å². The summed E-state index contributed by atoms with van der Waals surface area (Å²) in [6, 6.07) is 12.7. The van der Waals surface area contributed by atoms with Crippen LogP contribution in [0, 0.1) is 0 Å². The van der Waals surface area contributed by atoms with E-state index < -0.39 is 0 Å². The van der Waals surface area contributed by atoms with Gasteiger partial charge >= 0.3 is 0 Å². The Morgan fingerprint density at radius 1 is 1.15 bits per heavy atom. The molecule has 1 aliphatic rings. The van der Waals surface area contributed by atoms with Crippen molar-refractivity contribution >= 4 is 28.3 Å². The molecule has 2 aromatic heterocycles. The van der Waals surface area contributed by atoms with Crippen molar-refractivity contribution in [2.45, 2.75) is 12.6 Å². The zero-order valence-corrected chi connectivity index (χ0v) is 16.7. The minimum atomic E-state index is 0. The second-order valence-corrected chi connectivity index (χ2v) is 7.16. The molecule has 3 aromatic rings. The number of nitrogens with zero attached hydrogens (tertiary/aromatic N) is 4. The number of aromatic nitrogens is 3. The van der Waals surface area contributed by atoms with Crippen LogP contribution >= 0.6 is 28.3 Å². The fourth-order valence-corrected chi connectivity index (χ4v) is 3.51. The Morgan fingerprint density at radius 3 is 2.77 bits per heavy atom. The van der Waals surface area contributed by atoms with Gasteiger partial charge in [-0.05, 0) is 35.9 Å². The third-order valence-electron chi connectivity index (χ3n) is 4.54. The van der Waals surface area contributed by atoms with Crippen LogP contribution in [0.4, 0.5) is 0 Å². The van der Waals surface area contributed by atoms with Crippen molar-refractivity contribution in [2.75, 3.05) is 19.6 Å². The summed E-state index contributed by atoms with van der Waals surface area (Å²) in [6.07, 6.45) is 7.87. The number of hydrogen-bond donors (Lipinski definition) is 1. The number of rotatable bonds is 4. The van der Waals surface area contributed by atoms with Crippen molar-refractivity contribution in [1.82, 2.24) is 25.0 Å². The molecule has 1 aliphatic heterocycles. The maximum Gasteiger partial charge on any atom is 0.0646 e. The third kappa shape index (κ3) is 4.32. The van der Waals surface area contributed by atoms with Gasteiger partial charge in [-0.2, -0.15) is 5.10 Å². The van der Waals surface area contributed by atoms with Crippen molar-refractivity contribution in [1.29, 1.82) is 0 Å². The van der Waals surface area contributed by atoms with Crippen molar-refractivity contribution in [3.63, 3.8) is 0 Å². The van der Waals surface area contributed by atoms with E-state index in [1.807, 2.05) is 41.5 Å². The second kappa shape index (κ2) is 8.77. The first-order valence-electron chi connectivity index (χ1n) is 8.44. The van der Waals surface area contributed by atoms with Gasteiger partial charge in [0.25, 0.3) is 0 Å². The first-order valence-corrected chi connectivity index (χ1v) is 9.23. The Morgan fingerprint density at radius 2 is 2.00 bits per heavy atom. The molecule has 0 radical (unpaired) electrons. The molecule has 1 saturated heterocycles. The summed E-state index contributed by atoms with van der Waals surface area (Å²) in [5, 5.41) is 8.02. The lowest BCUT2D eigenvalue weighted by atomic mass is 10.0. The maximum atomic E-state index is 4.53. The van der Waals surface area contributed by atoms with E-state index >= 15 is 0 Å². The summed E-state index contributed by atoms with van der Waals surface area (Å²) in [4.78, 5) is 6.77. The molecule has 26 heavy (non-hydrogen) atoms. The van der Waals surface area contributed by atoms with Crippen molar-refractivity contribution in [2.24, 2.45) is 0 Å². The first kappa shape index (κ1) is 19.0. The molecule has 0 saturated carbocycles. The van der Waals surface area contributed by atoms with Crippen LogP contribution < -0.4 is 5.32 Å². The predicted octanol–water partition coefficient (Wildman–Crippen LogP) is 3.60. The van der Waals surface area contributed by atoms with Crippen LogP contribution in [0.15, 0.2) is 65.7 Å². The zero-order valence-electron chi connectivity index (χ0n) is 14.3. The van der Waals surface area contributed by atoms with Gasteiger partial charge in [-0.1, -0.05) is 22.0 Å². The monoisotopic (exact) mass is 433 g/mol. The minimum absolute atomic E-state index is 0. The van der Waals surface area contributed by atoms with Gasteiger partial charge < -0.3 is 5.32 Å². The SMILES string of the molecule is Brc1ccc(-n2cc(CN3CCNCC3c3cccnc3)cn2)cc1.Cl. The summed E-state index contributed by atoms with van der Waals surface area (Å²) < 4.78 is 3.01. The largest absolute Gasteiger partial charge is 0.314 e. The summed E-state index contributed by atoms with van der Waals surface area (Å²) in [5.74, 6) is 0. The van der Waals surface area contributed by atoms with Crippen molar-refractivity contribution < 1.29 is 0 Å². The van der Waals surface area contributed by atoms with Gasteiger partial charge in [0.15, 0.2) is 0 Å². The number of halogens is 2. The molecule has 7 heteroatoms.